The van der Waals surface area contributed by atoms with Gasteiger partial charge in [0.05, 0.1) is 30.1 Å². The Labute approximate surface area is 155 Å². The molecule has 1 N–H and O–H groups in total. The minimum atomic E-state index is 0.586. The number of anilines is 1. The van der Waals surface area contributed by atoms with E-state index in [-0.39, 0.29) is 0 Å². The Morgan fingerprint density at radius 1 is 1.15 bits per heavy atom. The van der Waals surface area contributed by atoms with Gasteiger partial charge in [0.15, 0.2) is 11.5 Å². The molecule has 0 bridgehead atoms. The number of rotatable bonds is 5. The SMILES string of the molecule is COc1cccc(-n2ncc3c(N/N=C(\C)c4ccncc4)ncnc32)c1. The molecule has 0 aliphatic carbocycles. The summed E-state index contributed by atoms with van der Waals surface area (Å²) < 4.78 is 7.03. The number of aromatic nitrogens is 5. The molecule has 8 heteroatoms. The second kappa shape index (κ2) is 7.20. The lowest BCUT2D eigenvalue weighted by Gasteiger charge is -2.06. The summed E-state index contributed by atoms with van der Waals surface area (Å²) in [5.41, 5.74) is 6.35. The minimum Gasteiger partial charge on any atom is -0.497 e. The van der Waals surface area contributed by atoms with Crippen LogP contribution in [0.25, 0.3) is 16.7 Å². The van der Waals surface area contributed by atoms with Gasteiger partial charge >= 0.3 is 0 Å². The third-order valence-electron chi connectivity index (χ3n) is 4.09. The Kier molecular flexibility index (Phi) is 4.44. The molecular weight excluding hydrogens is 342 g/mol. The van der Waals surface area contributed by atoms with Crippen molar-refractivity contribution in [1.29, 1.82) is 0 Å². The summed E-state index contributed by atoms with van der Waals surface area (Å²) in [5, 5.41) is 9.63. The van der Waals surface area contributed by atoms with Gasteiger partial charge in [0.25, 0.3) is 0 Å². The molecule has 1 aromatic carbocycles. The topological polar surface area (TPSA) is 90.1 Å². The molecule has 0 fully saturated rings. The van der Waals surface area contributed by atoms with Gasteiger partial charge in [-0.3, -0.25) is 10.4 Å². The minimum absolute atomic E-state index is 0.586. The van der Waals surface area contributed by atoms with Crippen LogP contribution in [-0.2, 0) is 0 Å². The lowest BCUT2D eigenvalue weighted by Crippen LogP contribution is -2.02. The lowest BCUT2D eigenvalue weighted by atomic mass is 10.2. The van der Waals surface area contributed by atoms with Gasteiger partial charge in [-0.25, -0.2) is 14.6 Å². The van der Waals surface area contributed by atoms with Crippen LogP contribution in [0, 0.1) is 0 Å². The van der Waals surface area contributed by atoms with Crippen LogP contribution in [0.1, 0.15) is 12.5 Å². The van der Waals surface area contributed by atoms with Gasteiger partial charge in [-0.1, -0.05) is 6.07 Å². The molecule has 4 rings (SSSR count). The molecule has 0 aliphatic heterocycles. The van der Waals surface area contributed by atoms with Crippen molar-refractivity contribution in [1.82, 2.24) is 24.7 Å². The molecule has 0 unspecified atom stereocenters. The number of nitrogens with one attached hydrogen (secondary N) is 1. The molecule has 0 amide bonds. The standard InChI is InChI=1S/C19H17N7O/c1-13(14-6-8-20-9-7-14)24-25-18-17-11-23-26(19(17)22-12-21-18)15-4-3-5-16(10-15)27-2/h3-12H,1-2H3,(H,21,22,25)/b24-13+. The maximum absolute atomic E-state index is 5.29. The van der Waals surface area contributed by atoms with Crippen molar-refractivity contribution in [3.63, 3.8) is 0 Å². The normalized spacial score (nSPS) is 11.6. The van der Waals surface area contributed by atoms with E-state index < -0.39 is 0 Å². The number of fused-ring (bicyclic) bond motifs is 1. The van der Waals surface area contributed by atoms with Gasteiger partial charge in [0.1, 0.15) is 12.1 Å². The number of benzene rings is 1. The predicted molar refractivity (Wildman–Crippen MR) is 103 cm³/mol. The van der Waals surface area contributed by atoms with Crippen molar-refractivity contribution in [2.24, 2.45) is 5.10 Å². The predicted octanol–water partition coefficient (Wildman–Crippen LogP) is 3.06. The average molecular weight is 359 g/mol. The Morgan fingerprint density at radius 3 is 2.81 bits per heavy atom. The zero-order valence-electron chi connectivity index (χ0n) is 14.9. The number of hydrazone groups is 1. The third kappa shape index (κ3) is 3.32. The molecule has 134 valence electrons. The van der Waals surface area contributed by atoms with E-state index in [0.29, 0.717) is 11.5 Å². The van der Waals surface area contributed by atoms with Gasteiger partial charge in [-0.2, -0.15) is 10.2 Å². The molecule has 3 aromatic heterocycles. The smallest absolute Gasteiger partial charge is 0.168 e. The largest absolute Gasteiger partial charge is 0.497 e. The quantitative estimate of drug-likeness (QED) is 0.435. The van der Waals surface area contributed by atoms with Crippen LogP contribution in [0.15, 0.2) is 66.4 Å². The maximum Gasteiger partial charge on any atom is 0.168 e. The van der Waals surface area contributed by atoms with E-state index in [1.807, 2.05) is 43.3 Å². The van der Waals surface area contributed by atoms with Crippen LogP contribution >= 0.6 is 0 Å². The van der Waals surface area contributed by atoms with Gasteiger partial charge in [0.2, 0.25) is 0 Å². The van der Waals surface area contributed by atoms with E-state index in [9.17, 15) is 0 Å². The molecule has 27 heavy (non-hydrogen) atoms. The van der Waals surface area contributed by atoms with Crippen molar-refractivity contribution in [2.45, 2.75) is 6.92 Å². The fourth-order valence-corrected chi connectivity index (χ4v) is 2.66. The highest BCUT2D eigenvalue weighted by molar-refractivity contribution is 5.99. The first-order valence-electron chi connectivity index (χ1n) is 8.30. The number of methoxy groups -OCH3 is 1. The lowest BCUT2D eigenvalue weighted by molar-refractivity contribution is 0.414. The van der Waals surface area contributed by atoms with Gasteiger partial charge in [-0.05, 0) is 31.2 Å². The molecule has 3 heterocycles. The van der Waals surface area contributed by atoms with E-state index >= 15 is 0 Å². The first kappa shape index (κ1) is 16.6. The van der Waals surface area contributed by atoms with Gasteiger partial charge in [0, 0.05) is 24.0 Å². The number of ether oxygens (including phenoxy) is 1. The summed E-state index contributed by atoms with van der Waals surface area (Å²) in [5.74, 6) is 1.34. The highest BCUT2D eigenvalue weighted by atomic mass is 16.5. The summed E-state index contributed by atoms with van der Waals surface area (Å²) in [7, 11) is 1.63. The second-order valence-corrected chi connectivity index (χ2v) is 5.76. The highest BCUT2D eigenvalue weighted by Crippen LogP contribution is 2.23. The highest BCUT2D eigenvalue weighted by Gasteiger charge is 2.11. The fraction of sp³-hybridized carbons (Fsp3) is 0.105. The summed E-state index contributed by atoms with van der Waals surface area (Å²) in [6, 6.07) is 11.4. The van der Waals surface area contributed by atoms with Crippen LogP contribution in [0.5, 0.6) is 5.75 Å². The monoisotopic (exact) mass is 359 g/mol. The zero-order valence-corrected chi connectivity index (χ0v) is 14.9. The van der Waals surface area contributed by atoms with Crippen LogP contribution in [0.4, 0.5) is 5.82 Å². The summed E-state index contributed by atoms with van der Waals surface area (Å²) in [4.78, 5) is 12.7. The van der Waals surface area contributed by atoms with E-state index in [1.54, 1.807) is 30.4 Å². The van der Waals surface area contributed by atoms with Crippen molar-refractivity contribution in [3.05, 3.63) is 66.9 Å². The van der Waals surface area contributed by atoms with Crippen LogP contribution in [-0.4, -0.2) is 37.6 Å². The molecule has 0 saturated heterocycles. The Bertz CT molecular complexity index is 1110. The van der Waals surface area contributed by atoms with Crippen molar-refractivity contribution < 1.29 is 4.74 Å². The summed E-state index contributed by atoms with van der Waals surface area (Å²) >= 11 is 0. The van der Waals surface area contributed by atoms with Crippen LogP contribution in [0.2, 0.25) is 0 Å². The molecule has 0 radical (unpaired) electrons. The first-order valence-corrected chi connectivity index (χ1v) is 8.30. The average Bonchev–Trinajstić information content (AvgIpc) is 3.17. The van der Waals surface area contributed by atoms with E-state index in [1.165, 1.54) is 6.33 Å². The summed E-state index contributed by atoms with van der Waals surface area (Å²) in [6.45, 7) is 1.92. The molecule has 0 spiro atoms. The molecule has 4 aromatic rings. The molecule has 0 atom stereocenters. The molecule has 8 nitrogen and oxygen atoms in total. The van der Waals surface area contributed by atoms with Crippen molar-refractivity contribution in [3.8, 4) is 11.4 Å². The van der Waals surface area contributed by atoms with Crippen LogP contribution < -0.4 is 10.2 Å². The van der Waals surface area contributed by atoms with E-state index in [2.05, 4.69) is 30.6 Å². The fourth-order valence-electron chi connectivity index (χ4n) is 2.66. The second-order valence-electron chi connectivity index (χ2n) is 5.76. The zero-order chi connectivity index (χ0) is 18.6. The first-order chi connectivity index (χ1) is 13.3. The van der Waals surface area contributed by atoms with Crippen molar-refractivity contribution in [2.75, 3.05) is 12.5 Å². The number of hydrogen-bond donors (Lipinski definition) is 1. The molecule has 0 aliphatic rings. The number of pyridine rings is 1. The third-order valence-corrected chi connectivity index (χ3v) is 4.09. The van der Waals surface area contributed by atoms with Crippen LogP contribution in [0.3, 0.4) is 0 Å². The maximum atomic E-state index is 5.29. The Balaban J connectivity index is 1.68. The Morgan fingerprint density at radius 2 is 2.00 bits per heavy atom. The van der Waals surface area contributed by atoms with Gasteiger partial charge < -0.3 is 4.74 Å². The summed E-state index contributed by atoms with van der Waals surface area (Å²) in [6.07, 6.45) is 6.67. The number of hydrogen-bond acceptors (Lipinski definition) is 7. The molecule has 0 saturated carbocycles. The Hall–Kier alpha value is -3.81. The van der Waals surface area contributed by atoms with Gasteiger partial charge in [-0.15, -0.1) is 0 Å². The van der Waals surface area contributed by atoms with Crippen molar-refractivity contribution >= 4 is 22.6 Å². The van der Waals surface area contributed by atoms with E-state index in [0.717, 1.165) is 28.1 Å². The molecular formula is C19H17N7O. The number of nitrogens with zero attached hydrogens (tertiary/aromatic N) is 6. The van der Waals surface area contributed by atoms with E-state index in [4.69, 9.17) is 4.74 Å².